The van der Waals surface area contributed by atoms with Crippen LogP contribution < -0.4 is 5.32 Å². The Bertz CT molecular complexity index is 317. The van der Waals surface area contributed by atoms with Crippen LogP contribution in [-0.2, 0) is 9.47 Å². The summed E-state index contributed by atoms with van der Waals surface area (Å²) >= 11 is 0. The smallest absolute Gasteiger partial charge is 0.246 e. The molecule has 0 aromatic carbocycles. The van der Waals surface area contributed by atoms with Gasteiger partial charge in [0.1, 0.15) is 12.1 Å². The lowest BCUT2D eigenvalue weighted by Crippen LogP contribution is -2.34. The molecule has 2 unspecified atom stereocenters. The fourth-order valence-electron chi connectivity index (χ4n) is 1.86. The Balaban J connectivity index is 2.03. The predicted molar refractivity (Wildman–Crippen MR) is 60.5 cm³/mol. The molecule has 17 heavy (non-hydrogen) atoms. The number of methoxy groups -OCH3 is 1. The van der Waals surface area contributed by atoms with Crippen molar-refractivity contribution >= 4 is 0 Å². The summed E-state index contributed by atoms with van der Waals surface area (Å²) in [4.78, 5) is 4.38. The lowest BCUT2D eigenvalue weighted by Gasteiger charge is -2.20. The number of hydrogen-bond donors (Lipinski definition) is 1. The minimum Gasteiger partial charge on any atom is -0.378 e. The van der Waals surface area contributed by atoms with Gasteiger partial charge < -0.3 is 19.3 Å². The van der Waals surface area contributed by atoms with E-state index in [0.29, 0.717) is 18.3 Å². The van der Waals surface area contributed by atoms with E-state index in [1.54, 1.807) is 7.11 Å². The fraction of sp³-hybridized carbons (Fsp3) is 0.818. The van der Waals surface area contributed by atoms with Gasteiger partial charge in [0, 0.05) is 13.7 Å². The highest BCUT2D eigenvalue weighted by Gasteiger charge is 2.24. The van der Waals surface area contributed by atoms with Crippen LogP contribution in [-0.4, -0.2) is 37.0 Å². The van der Waals surface area contributed by atoms with Crippen molar-refractivity contribution in [1.29, 1.82) is 0 Å². The molecule has 1 aromatic heterocycles. The molecular formula is C11H19N3O3. The van der Waals surface area contributed by atoms with Crippen molar-refractivity contribution < 1.29 is 14.0 Å². The van der Waals surface area contributed by atoms with Gasteiger partial charge in [-0.15, -0.1) is 0 Å². The van der Waals surface area contributed by atoms with Crippen LogP contribution in [0.3, 0.4) is 0 Å². The molecule has 0 aliphatic carbocycles. The van der Waals surface area contributed by atoms with Gasteiger partial charge in [0.15, 0.2) is 0 Å². The van der Waals surface area contributed by atoms with E-state index in [9.17, 15) is 0 Å². The Hall–Kier alpha value is -0.980. The first kappa shape index (κ1) is 12.5. The zero-order valence-corrected chi connectivity index (χ0v) is 10.3. The Morgan fingerprint density at radius 1 is 1.59 bits per heavy atom. The molecule has 1 aromatic rings. The van der Waals surface area contributed by atoms with Gasteiger partial charge in [0.25, 0.3) is 0 Å². The number of hydrogen-bond acceptors (Lipinski definition) is 6. The third-order valence-electron chi connectivity index (χ3n) is 2.80. The van der Waals surface area contributed by atoms with E-state index >= 15 is 0 Å². The van der Waals surface area contributed by atoms with Crippen LogP contribution in [0.1, 0.15) is 43.6 Å². The molecule has 6 heteroatoms. The monoisotopic (exact) mass is 241 g/mol. The maximum Gasteiger partial charge on any atom is 0.246 e. The topological polar surface area (TPSA) is 69.4 Å². The molecule has 2 rings (SSSR count). The van der Waals surface area contributed by atoms with E-state index in [1.165, 1.54) is 0 Å². The van der Waals surface area contributed by atoms with E-state index in [-0.39, 0.29) is 12.1 Å². The molecule has 0 bridgehead atoms. The Morgan fingerprint density at radius 3 is 3.12 bits per heavy atom. The third-order valence-corrected chi connectivity index (χ3v) is 2.80. The van der Waals surface area contributed by atoms with Gasteiger partial charge in [-0.05, 0) is 6.42 Å². The van der Waals surface area contributed by atoms with Crippen molar-refractivity contribution in [3.05, 3.63) is 11.7 Å². The molecule has 1 N–H and O–H groups in total. The number of nitrogens with zero attached hydrogens (tertiary/aromatic N) is 2. The van der Waals surface area contributed by atoms with Crippen molar-refractivity contribution in [2.24, 2.45) is 0 Å². The molecule has 1 aliphatic heterocycles. The average Bonchev–Trinajstić information content (AvgIpc) is 2.86. The van der Waals surface area contributed by atoms with Crippen LogP contribution in [0.5, 0.6) is 0 Å². The number of morpholine rings is 1. The summed E-state index contributed by atoms with van der Waals surface area (Å²) in [6.45, 7) is 4.22. The highest BCUT2D eigenvalue weighted by Crippen LogP contribution is 2.21. The number of nitrogens with one attached hydrogen (secondary N) is 1. The standard InChI is InChI=1S/C11H19N3O3/c1-3-4-9(15-2)10-13-11(17-14-10)8-7-16-6-5-12-8/h8-9,12H,3-7H2,1-2H3. The molecule has 0 radical (unpaired) electrons. The summed E-state index contributed by atoms with van der Waals surface area (Å²) in [7, 11) is 1.67. The van der Waals surface area contributed by atoms with E-state index in [4.69, 9.17) is 14.0 Å². The second kappa shape index (κ2) is 6.09. The maximum absolute atomic E-state index is 5.36. The molecule has 0 spiro atoms. The molecule has 0 amide bonds. The Labute approximate surface area is 101 Å². The van der Waals surface area contributed by atoms with Gasteiger partial charge in [-0.3, -0.25) is 0 Å². The van der Waals surface area contributed by atoms with Crippen molar-refractivity contribution in [2.45, 2.75) is 31.9 Å². The average molecular weight is 241 g/mol. The minimum atomic E-state index is -0.0815. The highest BCUT2D eigenvalue weighted by molar-refractivity contribution is 4.96. The van der Waals surface area contributed by atoms with Crippen LogP contribution >= 0.6 is 0 Å². The van der Waals surface area contributed by atoms with Gasteiger partial charge in [0.05, 0.1) is 13.2 Å². The molecule has 1 fully saturated rings. The summed E-state index contributed by atoms with van der Waals surface area (Å²) in [5.74, 6) is 1.20. The van der Waals surface area contributed by atoms with Gasteiger partial charge in [-0.25, -0.2) is 0 Å². The molecule has 2 heterocycles. The zero-order valence-electron chi connectivity index (χ0n) is 10.3. The molecular weight excluding hydrogens is 222 g/mol. The second-order valence-electron chi connectivity index (χ2n) is 4.09. The predicted octanol–water partition coefficient (Wildman–Crippen LogP) is 1.22. The summed E-state index contributed by atoms with van der Waals surface area (Å²) in [5, 5.41) is 7.25. The summed E-state index contributed by atoms with van der Waals surface area (Å²) in [6.07, 6.45) is 1.83. The van der Waals surface area contributed by atoms with Gasteiger partial charge in [-0.2, -0.15) is 4.98 Å². The van der Waals surface area contributed by atoms with Crippen LogP contribution in [0, 0.1) is 0 Å². The molecule has 1 aliphatic rings. The minimum absolute atomic E-state index is 0.00383. The third kappa shape index (κ3) is 3.02. The maximum atomic E-state index is 5.36. The first-order valence-electron chi connectivity index (χ1n) is 6.02. The van der Waals surface area contributed by atoms with Gasteiger partial charge in [0.2, 0.25) is 11.7 Å². The molecule has 6 nitrogen and oxygen atoms in total. The summed E-state index contributed by atoms with van der Waals surface area (Å²) in [5.41, 5.74) is 0. The SMILES string of the molecule is CCCC(OC)c1noc(C2COCCN2)n1. The normalized spacial score (nSPS) is 22.6. The molecule has 96 valence electrons. The van der Waals surface area contributed by atoms with Gasteiger partial charge in [-0.1, -0.05) is 18.5 Å². The van der Waals surface area contributed by atoms with Gasteiger partial charge >= 0.3 is 0 Å². The number of rotatable bonds is 5. The number of aromatic nitrogens is 2. The first-order valence-corrected chi connectivity index (χ1v) is 6.02. The summed E-state index contributed by atoms with van der Waals surface area (Å²) < 4.78 is 15.9. The van der Waals surface area contributed by atoms with Crippen LogP contribution in [0.25, 0.3) is 0 Å². The van der Waals surface area contributed by atoms with E-state index < -0.39 is 0 Å². The molecule has 1 saturated heterocycles. The fourth-order valence-corrected chi connectivity index (χ4v) is 1.86. The highest BCUT2D eigenvalue weighted by atomic mass is 16.5. The molecule has 0 saturated carbocycles. The first-order chi connectivity index (χ1) is 8.35. The zero-order chi connectivity index (χ0) is 12.1. The van der Waals surface area contributed by atoms with Crippen molar-refractivity contribution in [3.63, 3.8) is 0 Å². The van der Waals surface area contributed by atoms with Crippen LogP contribution in [0.4, 0.5) is 0 Å². The van der Waals surface area contributed by atoms with Crippen LogP contribution in [0.2, 0.25) is 0 Å². The lowest BCUT2D eigenvalue weighted by molar-refractivity contribution is 0.0658. The summed E-state index contributed by atoms with van der Waals surface area (Å²) in [6, 6.07) is 0.00383. The van der Waals surface area contributed by atoms with E-state index in [1.807, 2.05) is 0 Å². The Morgan fingerprint density at radius 2 is 2.47 bits per heavy atom. The van der Waals surface area contributed by atoms with E-state index in [2.05, 4.69) is 22.4 Å². The van der Waals surface area contributed by atoms with E-state index in [0.717, 1.165) is 26.0 Å². The number of ether oxygens (including phenoxy) is 2. The quantitative estimate of drug-likeness (QED) is 0.835. The largest absolute Gasteiger partial charge is 0.378 e. The van der Waals surface area contributed by atoms with Crippen molar-refractivity contribution in [2.75, 3.05) is 26.9 Å². The van der Waals surface area contributed by atoms with Crippen LogP contribution in [0.15, 0.2) is 4.52 Å². The lowest BCUT2D eigenvalue weighted by atomic mass is 10.2. The van der Waals surface area contributed by atoms with Crippen molar-refractivity contribution in [1.82, 2.24) is 15.5 Å². The van der Waals surface area contributed by atoms with Crippen molar-refractivity contribution in [3.8, 4) is 0 Å². The Kier molecular flexibility index (Phi) is 4.47. The molecule has 2 atom stereocenters. The second-order valence-corrected chi connectivity index (χ2v) is 4.09.